The maximum atomic E-state index is 12.7. The van der Waals surface area contributed by atoms with Crippen LogP contribution in [0.5, 0.6) is 0 Å². The van der Waals surface area contributed by atoms with Crippen molar-refractivity contribution < 1.29 is 24.9 Å². The van der Waals surface area contributed by atoms with Gasteiger partial charge >= 0.3 is 20.2 Å². The molecule has 1 aliphatic rings. The van der Waals surface area contributed by atoms with E-state index in [1.54, 1.807) is 0 Å². The first-order chi connectivity index (χ1) is 5.31. The summed E-state index contributed by atoms with van der Waals surface area (Å²) < 4.78 is 57.9. The summed E-state index contributed by atoms with van der Waals surface area (Å²) >= 11 is 0. The zero-order valence-corrected chi connectivity index (χ0v) is 8.37. The van der Waals surface area contributed by atoms with Crippen LogP contribution in [0.1, 0.15) is 0 Å². The zero-order valence-electron chi connectivity index (χ0n) is 5.74. The summed E-state index contributed by atoms with van der Waals surface area (Å²) in [5, 5.41) is -1.69. The molecule has 1 aliphatic heterocycles. The van der Waals surface area contributed by atoms with Gasteiger partial charge in [-0.25, -0.2) is 0 Å². The average molecular weight is 234 g/mol. The number of hydrogen-bond acceptors (Lipinski definition) is 5. The second-order valence-electron chi connectivity index (χ2n) is 1.83. The first-order valence-electron chi connectivity index (χ1n) is 2.60. The summed E-state index contributed by atoms with van der Waals surface area (Å²) in [7, 11) is -9.50. The van der Waals surface area contributed by atoms with Crippen molar-refractivity contribution in [2.45, 2.75) is 0 Å². The van der Waals surface area contributed by atoms with Gasteiger partial charge in [0.25, 0.3) is 5.16 Å². The molecule has 0 radical (unpaired) electrons. The van der Waals surface area contributed by atoms with Gasteiger partial charge in [0, 0.05) is 0 Å². The lowest BCUT2D eigenvalue weighted by molar-refractivity contribution is 0.472. The van der Waals surface area contributed by atoms with E-state index in [9.17, 15) is 21.2 Å². The van der Waals surface area contributed by atoms with Gasteiger partial charge < -0.3 is 0 Å². The molecule has 1 heterocycles. The minimum atomic E-state index is -4.66. The molecular formula is C3H4FO5PS2. The van der Waals surface area contributed by atoms with Crippen LogP contribution in [0.4, 0.5) is 4.39 Å². The van der Waals surface area contributed by atoms with Crippen LogP contribution in [-0.4, -0.2) is 23.5 Å². The molecule has 1 atom stereocenters. The van der Waals surface area contributed by atoms with E-state index in [1.165, 1.54) is 6.66 Å². The molecule has 0 aromatic heterocycles. The molecule has 0 saturated carbocycles. The van der Waals surface area contributed by atoms with E-state index in [1.807, 2.05) is 0 Å². The second kappa shape index (κ2) is 2.73. The zero-order chi connectivity index (χ0) is 9.57. The van der Waals surface area contributed by atoms with Crippen molar-refractivity contribution in [2.75, 3.05) is 6.66 Å². The Morgan fingerprint density at radius 1 is 1.25 bits per heavy atom. The summed E-state index contributed by atoms with van der Waals surface area (Å²) in [5.41, 5.74) is 0. The lowest BCUT2D eigenvalue weighted by atomic mass is 11.2. The number of hydrogen-bond donors (Lipinski definition) is 0. The van der Waals surface area contributed by atoms with Crippen LogP contribution in [-0.2, 0) is 23.9 Å². The molecule has 0 bridgehead atoms. The SMILES string of the molecule is CPC1=C(F)S(=O)(=O)OS1(=O)=O. The number of rotatable bonds is 1. The van der Waals surface area contributed by atoms with Gasteiger partial charge in [-0.3, -0.25) is 0 Å². The molecular weight excluding hydrogens is 230 g/mol. The molecule has 0 fully saturated rings. The lowest BCUT2D eigenvalue weighted by Gasteiger charge is -1.91. The van der Waals surface area contributed by atoms with Gasteiger partial charge in [-0.1, -0.05) is 8.58 Å². The van der Waals surface area contributed by atoms with Gasteiger partial charge in [0.15, 0.2) is 0 Å². The van der Waals surface area contributed by atoms with Gasteiger partial charge in [0.2, 0.25) is 0 Å². The quantitative estimate of drug-likeness (QED) is 0.600. The molecule has 12 heavy (non-hydrogen) atoms. The van der Waals surface area contributed by atoms with Gasteiger partial charge in [0.05, 0.1) is 0 Å². The average Bonchev–Trinajstić information content (AvgIpc) is 1.98. The Morgan fingerprint density at radius 3 is 1.92 bits per heavy atom. The van der Waals surface area contributed by atoms with E-state index in [0.29, 0.717) is 0 Å². The normalized spacial score (nSPS) is 27.2. The summed E-state index contributed by atoms with van der Waals surface area (Å²) in [6.07, 6.45) is 0. The van der Waals surface area contributed by atoms with E-state index in [-0.39, 0.29) is 0 Å². The Kier molecular flexibility index (Phi) is 2.28. The largest absolute Gasteiger partial charge is 0.340 e. The van der Waals surface area contributed by atoms with Crippen molar-refractivity contribution in [1.29, 1.82) is 0 Å². The third kappa shape index (κ3) is 1.39. The summed E-state index contributed by atoms with van der Waals surface area (Å²) in [4.78, 5) is 0. The van der Waals surface area contributed by atoms with Crippen LogP contribution >= 0.6 is 8.58 Å². The topological polar surface area (TPSA) is 77.5 Å². The van der Waals surface area contributed by atoms with Gasteiger partial charge in [-0.15, -0.1) is 3.63 Å². The molecule has 1 rings (SSSR count). The minimum Gasteiger partial charge on any atom is -0.193 e. The third-order valence-electron chi connectivity index (χ3n) is 1.05. The maximum absolute atomic E-state index is 12.7. The van der Waals surface area contributed by atoms with Crippen molar-refractivity contribution in [2.24, 2.45) is 0 Å². The van der Waals surface area contributed by atoms with Crippen LogP contribution in [0.25, 0.3) is 0 Å². The Balaban J connectivity index is 3.51. The highest BCUT2D eigenvalue weighted by atomic mass is 32.3. The highest BCUT2D eigenvalue weighted by Crippen LogP contribution is 2.40. The highest BCUT2D eigenvalue weighted by Gasteiger charge is 2.43. The van der Waals surface area contributed by atoms with Crippen LogP contribution in [0.15, 0.2) is 9.81 Å². The Labute approximate surface area is 70.6 Å². The monoisotopic (exact) mass is 234 g/mol. The molecule has 5 nitrogen and oxygen atoms in total. The third-order valence-corrected chi connectivity index (χ3v) is 6.16. The summed E-state index contributed by atoms with van der Waals surface area (Å²) in [5.74, 6) is 0. The Morgan fingerprint density at radius 2 is 1.75 bits per heavy atom. The molecule has 70 valence electrons. The fraction of sp³-hybridized carbons (Fsp3) is 0.333. The van der Waals surface area contributed by atoms with E-state index < -0.39 is 38.6 Å². The molecule has 0 amide bonds. The molecule has 0 N–H and O–H groups in total. The minimum absolute atomic E-state index is 0.478. The molecule has 9 heteroatoms. The number of halogens is 1. The van der Waals surface area contributed by atoms with Crippen LogP contribution in [0.3, 0.4) is 0 Å². The first kappa shape index (κ1) is 10.0. The molecule has 0 aromatic carbocycles. The van der Waals surface area contributed by atoms with Crippen molar-refractivity contribution in [1.82, 2.24) is 0 Å². The van der Waals surface area contributed by atoms with Crippen LogP contribution in [0, 0.1) is 0 Å². The van der Waals surface area contributed by atoms with Crippen LogP contribution < -0.4 is 0 Å². The summed E-state index contributed by atoms with van der Waals surface area (Å²) in [6.45, 7) is 1.34. The predicted octanol–water partition coefficient (Wildman–Crippen LogP) is 0.0806. The lowest BCUT2D eigenvalue weighted by Crippen LogP contribution is -2.02. The van der Waals surface area contributed by atoms with E-state index in [4.69, 9.17) is 0 Å². The molecule has 0 aliphatic carbocycles. The first-order valence-corrected chi connectivity index (χ1v) is 6.91. The second-order valence-corrected chi connectivity index (χ2v) is 6.32. The molecule has 0 spiro atoms. The highest BCUT2D eigenvalue weighted by molar-refractivity contribution is 8.10. The van der Waals surface area contributed by atoms with Crippen molar-refractivity contribution in [3.05, 3.63) is 9.81 Å². The Hall–Kier alpha value is -0.0400. The fourth-order valence-corrected chi connectivity index (χ4v) is 5.29. The predicted molar refractivity (Wildman–Crippen MR) is 41.3 cm³/mol. The molecule has 0 aromatic rings. The van der Waals surface area contributed by atoms with Gasteiger partial charge in [-0.05, 0) is 6.66 Å². The van der Waals surface area contributed by atoms with Crippen molar-refractivity contribution in [3.8, 4) is 0 Å². The van der Waals surface area contributed by atoms with Gasteiger partial charge in [0.1, 0.15) is 4.65 Å². The smallest absolute Gasteiger partial charge is 0.193 e. The van der Waals surface area contributed by atoms with E-state index in [2.05, 4.69) is 3.63 Å². The summed E-state index contributed by atoms with van der Waals surface area (Å²) in [6, 6.07) is 0. The van der Waals surface area contributed by atoms with Crippen LogP contribution in [0.2, 0.25) is 0 Å². The van der Waals surface area contributed by atoms with E-state index in [0.717, 1.165) is 0 Å². The maximum Gasteiger partial charge on any atom is 0.340 e. The van der Waals surface area contributed by atoms with E-state index >= 15 is 0 Å². The standard InChI is InChI=1S/C3H4FO5PS2/c1-10-3-2(4)11(5,6)9-12(3,7)8/h10H,1H3. The molecule has 1 unspecified atom stereocenters. The Bertz CT molecular complexity index is 431. The molecule has 0 saturated heterocycles. The van der Waals surface area contributed by atoms with Crippen molar-refractivity contribution in [3.63, 3.8) is 0 Å². The van der Waals surface area contributed by atoms with Crippen molar-refractivity contribution >= 4 is 28.8 Å². The fourth-order valence-electron chi connectivity index (χ4n) is 0.617. The van der Waals surface area contributed by atoms with Gasteiger partial charge in [-0.2, -0.15) is 21.2 Å².